The van der Waals surface area contributed by atoms with Crippen LogP contribution in [0, 0.1) is 17.6 Å². The van der Waals surface area contributed by atoms with Crippen molar-refractivity contribution in [2.24, 2.45) is 5.92 Å². The zero-order valence-electron chi connectivity index (χ0n) is 13.7. The number of benzene rings is 1. The molecule has 0 aliphatic carbocycles. The molecule has 0 saturated carbocycles. The van der Waals surface area contributed by atoms with Gasteiger partial charge in [-0.05, 0) is 42.9 Å². The largest absolute Gasteiger partial charge is 0.384 e. The molecule has 130 valence electrons. The van der Waals surface area contributed by atoms with Crippen molar-refractivity contribution < 1.29 is 13.5 Å². The van der Waals surface area contributed by atoms with Crippen LogP contribution in [-0.2, 0) is 17.6 Å². The molecule has 1 aromatic heterocycles. The van der Waals surface area contributed by atoms with Gasteiger partial charge >= 0.3 is 0 Å². The Bertz CT molecular complexity index is 672. The third-order valence-corrected chi connectivity index (χ3v) is 5.20. The van der Waals surface area contributed by atoms with Gasteiger partial charge < -0.3 is 9.64 Å². The molecular formula is C17H21F2N3OS. The highest BCUT2D eigenvalue weighted by Gasteiger charge is 2.22. The fourth-order valence-electron chi connectivity index (χ4n) is 3.00. The molecule has 0 amide bonds. The molecule has 0 N–H and O–H groups in total. The van der Waals surface area contributed by atoms with E-state index in [0.29, 0.717) is 12.5 Å². The Morgan fingerprint density at radius 2 is 2.04 bits per heavy atom. The number of methoxy groups -OCH3 is 1. The summed E-state index contributed by atoms with van der Waals surface area (Å²) in [6, 6.07) is 4.20. The maximum atomic E-state index is 13.3. The Morgan fingerprint density at radius 1 is 1.25 bits per heavy atom. The van der Waals surface area contributed by atoms with Gasteiger partial charge in [-0.25, -0.2) is 13.8 Å². The summed E-state index contributed by atoms with van der Waals surface area (Å²) in [5.74, 6) is -0.218. The van der Waals surface area contributed by atoms with Gasteiger partial charge in [-0.2, -0.15) is 4.37 Å². The number of nitrogens with zero attached hydrogens (tertiary/aromatic N) is 3. The zero-order valence-corrected chi connectivity index (χ0v) is 14.5. The standard InChI is InChI=1S/C17H21F2N3OS/c1-23-9-6-16-20-17(24-21-16)22-7-4-12(5-8-22)10-13-2-3-14(18)15(19)11-13/h2-3,11-12H,4-10H2,1H3. The lowest BCUT2D eigenvalue weighted by Crippen LogP contribution is -2.34. The smallest absolute Gasteiger partial charge is 0.205 e. The molecule has 7 heteroatoms. The van der Waals surface area contributed by atoms with E-state index in [-0.39, 0.29) is 0 Å². The third-order valence-electron chi connectivity index (χ3n) is 4.38. The van der Waals surface area contributed by atoms with Crippen LogP contribution in [0.3, 0.4) is 0 Å². The lowest BCUT2D eigenvalue weighted by Gasteiger charge is -2.31. The van der Waals surface area contributed by atoms with Gasteiger partial charge in [0.15, 0.2) is 11.6 Å². The summed E-state index contributed by atoms with van der Waals surface area (Å²) in [6.07, 6.45) is 3.57. The molecule has 0 atom stereocenters. The minimum Gasteiger partial charge on any atom is -0.384 e. The second-order valence-electron chi connectivity index (χ2n) is 6.12. The van der Waals surface area contributed by atoms with Crippen LogP contribution in [0.25, 0.3) is 0 Å². The van der Waals surface area contributed by atoms with E-state index in [9.17, 15) is 8.78 Å². The summed E-state index contributed by atoms with van der Waals surface area (Å²) in [6.45, 7) is 2.48. The van der Waals surface area contributed by atoms with Gasteiger partial charge in [-0.15, -0.1) is 0 Å². The van der Waals surface area contributed by atoms with Crippen LogP contribution in [0.4, 0.5) is 13.9 Å². The first-order chi connectivity index (χ1) is 11.7. The number of halogens is 2. The number of aromatic nitrogens is 2. The van der Waals surface area contributed by atoms with Crippen LogP contribution >= 0.6 is 11.5 Å². The quantitative estimate of drug-likeness (QED) is 0.797. The first-order valence-corrected chi connectivity index (χ1v) is 8.93. The van der Waals surface area contributed by atoms with Crippen LogP contribution in [-0.4, -0.2) is 36.2 Å². The molecule has 4 nitrogen and oxygen atoms in total. The summed E-state index contributed by atoms with van der Waals surface area (Å²) in [5, 5.41) is 0.965. The van der Waals surface area contributed by atoms with Gasteiger partial charge in [0.1, 0.15) is 5.82 Å². The van der Waals surface area contributed by atoms with Crippen molar-refractivity contribution in [1.82, 2.24) is 9.36 Å². The summed E-state index contributed by atoms with van der Waals surface area (Å²) in [7, 11) is 1.67. The lowest BCUT2D eigenvalue weighted by molar-refractivity contribution is 0.201. The average molecular weight is 353 g/mol. The van der Waals surface area contributed by atoms with E-state index in [1.807, 2.05) is 0 Å². The van der Waals surface area contributed by atoms with Crippen molar-refractivity contribution >= 4 is 16.7 Å². The minimum absolute atomic E-state index is 0.493. The molecule has 0 spiro atoms. The Balaban J connectivity index is 1.51. The zero-order chi connectivity index (χ0) is 16.9. The summed E-state index contributed by atoms with van der Waals surface area (Å²) < 4.78 is 35.7. The van der Waals surface area contributed by atoms with Gasteiger partial charge in [0.2, 0.25) is 5.13 Å². The third kappa shape index (κ3) is 4.27. The number of ether oxygens (including phenoxy) is 1. The summed E-state index contributed by atoms with van der Waals surface area (Å²) in [4.78, 5) is 6.82. The summed E-state index contributed by atoms with van der Waals surface area (Å²) >= 11 is 1.43. The van der Waals surface area contributed by atoms with E-state index in [0.717, 1.165) is 55.3 Å². The maximum Gasteiger partial charge on any atom is 0.205 e. The van der Waals surface area contributed by atoms with Crippen LogP contribution < -0.4 is 4.90 Å². The normalized spacial score (nSPS) is 15.9. The summed E-state index contributed by atoms with van der Waals surface area (Å²) in [5.41, 5.74) is 0.866. The van der Waals surface area contributed by atoms with Gasteiger partial charge in [-0.1, -0.05) is 6.07 Å². The van der Waals surface area contributed by atoms with Crippen molar-refractivity contribution in [2.75, 3.05) is 31.7 Å². The van der Waals surface area contributed by atoms with Gasteiger partial charge in [-0.3, -0.25) is 0 Å². The molecule has 2 aromatic rings. The average Bonchev–Trinajstić information content (AvgIpc) is 3.06. The molecule has 0 bridgehead atoms. The second kappa shape index (κ2) is 7.98. The van der Waals surface area contributed by atoms with Crippen molar-refractivity contribution in [3.05, 3.63) is 41.2 Å². The number of rotatable bonds is 6. The van der Waals surface area contributed by atoms with Gasteiger partial charge in [0.25, 0.3) is 0 Å². The highest BCUT2D eigenvalue weighted by molar-refractivity contribution is 7.09. The molecule has 1 saturated heterocycles. The lowest BCUT2D eigenvalue weighted by atomic mass is 9.90. The molecule has 1 aliphatic heterocycles. The molecule has 0 unspecified atom stereocenters. The molecule has 2 heterocycles. The molecule has 1 fully saturated rings. The van der Waals surface area contributed by atoms with Crippen LogP contribution in [0.15, 0.2) is 18.2 Å². The fourth-order valence-corrected chi connectivity index (χ4v) is 3.76. The highest BCUT2D eigenvalue weighted by Crippen LogP contribution is 2.27. The van der Waals surface area contributed by atoms with E-state index < -0.39 is 11.6 Å². The predicted octanol–water partition coefficient (Wildman–Crippen LogP) is 3.46. The number of hydrogen-bond donors (Lipinski definition) is 0. The number of anilines is 1. The van der Waals surface area contributed by atoms with E-state index in [1.165, 1.54) is 23.7 Å². The molecule has 0 radical (unpaired) electrons. The molecule has 1 aromatic carbocycles. The monoisotopic (exact) mass is 353 g/mol. The van der Waals surface area contributed by atoms with E-state index in [1.54, 1.807) is 13.2 Å². The van der Waals surface area contributed by atoms with E-state index >= 15 is 0 Å². The minimum atomic E-state index is -0.783. The van der Waals surface area contributed by atoms with Gasteiger partial charge in [0, 0.05) is 38.2 Å². The Labute approximate surface area is 144 Å². The van der Waals surface area contributed by atoms with Gasteiger partial charge in [0.05, 0.1) is 6.61 Å². The molecule has 24 heavy (non-hydrogen) atoms. The highest BCUT2D eigenvalue weighted by atomic mass is 32.1. The maximum absolute atomic E-state index is 13.3. The van der Waals surface area contributed by atoms with E-state index in [2.05, 4.69) is 14.3 Å². The Hall–Kier alpha value is -1.60. The van der Waals surface area contributed by atoms with Crippen molar-refractivity contribution in [3.63, 3.8) is 0 Å². The Kier molecular flexibility index (Phi) is 5.73. The van der Waals surface area contributed by atoms with Crippen LogP contribution in [0.5, 0.6) is 0 Å². The van der Waals surface area contributed by atoms with Crippen LogP contribution in [0.2, 0.25) is 0 Å². The first-order valence-electron chi connectivity index (χ1n) is 8.16. The number of piperidine rings is 1. The van der Waals surface area contributed by atoms with E-state index in [4.69, 9.17) is 4.74 Å². The topological polar surface area (TPSA) is 38.2 Å². The number of hydrogen-bond acceptors (Lipinski definition) is 5. The van der Waals surface area contributed by atoms with Crippen LogP contribution in [0.1, 0.15) is 24.2 Å². The van der Waals surface area contributed by atoms with Crippen molar-refractivity contribution in [1.29, 1.82) is 0 Å². The molecule has 3 rings (SSSR count). The first kappa shape index (κ1) is 17.2. The molecular weight excluding hydrogens is 332 g/mol. The molecule has 1 aliphatic rings. The SMILES string of the molecule is COCCc1nsc(N2CCC(Cc3ccc(F)c(F)c3)CC2)n1. The van der Waals surface area contributed by atoms with Crippen molar-refractivity contribution in [3.8, 4) is 0 Å². The predicted molar refractivity (Wildman–Crippen MR) is 90.5 cm³/mol. The Morgan fingerprint density at radius 3 is 2.75 bits per heavy atom. The van der Waals surface area contributed by atoms with Crippen molar-refractivity contribution in [2.45, 2.75) is 25.7 Å². The fraction of sp³-hybridized carbons (Fsp3) is 0.529. The second-order valence-corrected chi connectivity index (χ2v) is 6.85.